The van der Waals surface area contributed by atoms with Crippen molar-refractivity contribution in [1.29, 1.82) is 0 Å². The Kier molecular flexibility index (Phi) is 4.60. The number of anilines is 1. The molecule has 0 saturated heterocycles. The van der Waals surface area contributed by atoms with E-state index in [1.54, 1.807) is 30.0 Å². The van der Waals surface area contributed by atoms with Crippen LogP contribution in [0.4, 0.5) is 5.82 Å². The van der Waals surface area contributed by atoms with E-state index in [2.05, 4.69) is 30.5 Å². The fourth-order valence-electron chi connectivity index (χ4n) is 3.83. The molecular weight excluding hydrogens is 471 g/mol. The summed E-state index contributed by atoms with van der Waals surface area (Å²) in [5, 5.41) is 11.2. The summed E-state index contributed by atoms with van der Waals surface area (Å²) in [6, 6.07) is 2.94. The Bertz CT molecular complexity index is 1530. The highest BCUT2D eigenvalue weighted by atomic mass is 35.5. The molecule has 0 bridgehead atoms. The maximum Gasteiger partial charge on any atom is 0.267 e. The smallest absolute Gasteiger partial charge is 0.267 e. The van der Waals surface area contributed by atoms with Crippen LogP contribution in [-0.4, -0.2) is 34.7 Å². The van der Waals surface area contributed by atoms with Crippen molar-refractivity contribution in [1.82, 2.24) is 34.7 Å². The van der Waals surface area contributed by atoms with Gasteiger partial charge in [0.05, 0.1) is 44.4 Å². The van der Waals surface area contributed by atoms with E-state index in [9.17, 15) is 4.79 Å². The van der Waals surface area contributed by atoms with Crippen LogP contribution >= 0.6 is 34.5 Å². The monoisotopic (exact) mass is 484 g/mol. The molecule has 0 aliphatic heterocycles. The standard InChI is InChI=1S/C20H14Cl2N8OS/c21-11-3-4-12(22)15-13(11)20(31)30(10-5-26-27-6-10)18(29-15)14(9-1-2-9)28-17-16-19(24-7-23-17)32-8-25-16/h3-9,14H,1-2H2,(H,26,27)(H,23,24,28)/t14-/m0/s1. The van der Waals surface area contributed by atoms with Crippen LogP contribution in [-0.2, 0) is 0 Å². The maximum absolute atomic E-state index is 13.7. The van der Waals surface area contributed by atoms with Crippen LogP contribution in [0.15, 0.2) is 41.2 Å². The Morgan fingerprint density at radius 3 is 2.78 bits per heavy atom. The van der Waals surface area contributed by atoms with Gasteiger partial charge in [0, 0.05) is 6.20 Å². The van der Waals surface area contributed by atoms with Crippen molar-refractivity contribution in [3.63, 3.8) is 0 Å². The van der Waals surface area contributed by atoms with Gasteiger partial charge in [-0.1, -0.05) is 23.2 Å². The first-order valence-electron chi connectivity index (χ1n) is 9.82. The molecule has 1 aromatic carbocycles. The van der Waals surface area contributed by atoms with Gasteiger partial charge in [0.1, 0.15) is 22.5 Å². The number of nitrogens with zero attached hydrogens (tertiary/aromatic N) is 6. The van der Waals surface area contributed by atoms with E-state index in [0.717, 1.165) is 17.7 Å². The van der Waals surface area contributed by atoms with E-state index in [4.69, 9.17) is 28.2 Å². The van der Waals surface area contributed by atoms with Gasteiger partial charge >= 0.3 is 0 Å². The van der Waals surface area contributed by atoms with Crippen molar-refractivity contribution >= 4 is 61.6 Å². The summed E-state index contributed by atoms with van der Waals surface area (Å²) in [4.78, 5) is 32.4. The second-order valence-corrected chi connectivity index (χ2v) is 9.16. The van der Waals surface area contributed by atoms with Gasteiger partial charge in [-0.25, -0.2) is 19.9 Å². The number of fused-ring (bicyclic) bond motifs is 2. The fourth-order valence-corrected chi connectivity index (χ4v) is 4.89. The molecule has 6 rings (SSSR count). The minimum atomic E-state index is -0.312. The quantitative estimate of drug-likeness (QED) is 0.380. The average Bonchev–Trinajstić information content (AvgIpc) is 3.27. The van der Waals surface area contributed by atoms with Gasteiger partial charge in [-0.3, -0.25) is 14.5 Å². The number of aromatic amines is 1. The van der Waals surface area contributed by atoms with Crippen LogP contribution in [0.1, 0.15) is 24.7 Å². The average molecular weight is 485 g/mol. The van der Waals surface area contributed by atoms with Crippen LogP contribution in [0.3, 0.4) is 0 Å². The topological polar surface area (TPSA) is 114 Å². The predicted molar refractivity (Wildman–Crippen MR) is 124 cm³/mol. The number of H-pyrrole nitrogens is 1. The van der Waals surface area contributed by atoms with Crippen molar-refractivity contribution in [3.8, 4) is 5.69 Å². The molecule has 4 aromatic heterocycles. The number of halogens is 2. The molecule has 5 aromatic rings. The lowest BCUT2D eigenvalue weighted by molar-refractivity contribution is 0.610. The van der Waals surface area contributed by atoms with Gasteiger partial charge in [-0.15, -0.1) is 11.3 Å². The zero-order chi connectivity index (χ0) is 21.8. The Morgan fingerprint density at radius 2 is 2.00 bits per heavy atom. The molecule has 1 saturated carbocycles. The molecular formula is C20H14Cl2N8OS. The molecule has 2 N–H and O–H groups in total. The molecule has 0 amide bonds. The van der Waals surface area contributed by atoms with Gasteiger partial charge in [0.25, 0.3) is 5.56 Å². The highest BCUT2D eigenvalue weighted by Gasteiger charge is 2.37. The third kappa shape index (κ3) is 3.14. The third-order valence-corrected chi connectivity index (χ3v) is 6.84. The second-order valence-electron chi connectivity index (χ2n) is 7.51. The zero-order valence-corrected chi connectivity index (χ0v) is 18.6. The number of hydrogen-bond acceptors (Lipinski definition) is 8. The first-order valence-corrected chi connectivity index (χ1v) is 11.5. The first-order chi connectivity index (χ1) is 15.6. The number of benzene rings is 1. The Labute approximate surface area is 194 Å². The molecule has 0 spiro atoms. The summed E-state index contributed by atoms with van der Waals surface area (Å²) in [5.41, 5.74) is 3.03. The molecule has 1 aliphatic rings. The van der Waals surface area contributed by atoms with Crippen LogP contribution in [0.25, 0.3) is 26.9 Å². The first kappa shape index (κ1) is 19.6. The van der Waals surface area contributed by atoms with E-state index in [-0.39, 0.29) is 22.9 Å². The lowest BCUT2D eigenvalue weighted by atomic mass is 10.1. The van der Waals surface area contributed by atoms with Crippen LogP contribution in [0.2, 0.25) is 10.0 Å². The fraction of sp³-hybridized carbons (Fsp3) is 0.200. The number of rotatable bonds is 5. The summed E-state index contributed by atoms with van der Waals surface area (Å²) < 4.78 is 1.53. The molecule has 1 atom stereocenters. The van der Waals surface area contributed by atoms with Crippen LogP contribution < -0.4 is 10.9 Å². The van der Waals surface area contributed by atoms with Gasteiger partial charge in [-0.2, -0.15) is 5.10 Å². The van der Waals surface area contributed by atoms with E-state index < -0.39 is 0 Å². The molecule has 4 heterocycles. The molecule has 12 heteroatoms. The maximum atomic E-state index is 13.7. The van der Waals surface area contributed by atoms with E-state index >= 15 is 0 Å². The molecule has 0 radical (unpaired) electrons. The zero-order valence-electron chi connectivity index (χ0n) is 16.3. The molecule has 32 heavy (non-hydrogen) atoms. The summed E-state index contributed by atoms with van der Waals surface area (Å²) in [6.45, 7) is 0. The summed E-state index contributed by atoms with van der Waals surface area (Å²) in [7, 11) is 0. The van der Waals surface area contributed by atoms with Crippen molar-refractivity contribution in [2.45, 2.75) is 18.9 Å². The third-order valence-electron chi connectivity index (χ3n) is 5.49. The van der Waals surface area contributed by atoms with Crippen molar-refractivity contribution < 1.29 is 0 Å². The van der Waals surface area contributed by atoms with Gasteiger partial charge in [0.2, 0.25) is 0 Å². The van der Waals surface area contributed by atoms with Crippen molar-refractivity contribution in [3.05, 3.63) is 62.6 Å². The lowest BCUT2D eigenvalue weighted by Crippen LogP contribution is -2.29. The van der Waals surface area contributed by atoms with Crippen LogP contribution in [0, 0.1) is 5.92 Å². The van der Waals surface area contributed by atoms with Gasteiger partial charge in [-0.05, 0) is 30.9 Å². The number of thiazole rings is 1. The SMILES string of the molecule is O=c1c2c(Cl)ccc(Cl)c2nc([C@@H](Nc2ncnc3scnc23)C2CC2)n1-c1cn[nH]c1. The number of aromatic nitrogens is 7. The normalized spacial score (nSPS) is 14.8. The minimum Gasteiger partial charge on any atom is -0.358 e. The van der Waals surface area contributed by atoms with Gasteiger partial charge < -0.3 is 5.32 Å². The Morgan fingerprint density at radius 1 is 1.16 bits per heavy atom. The molecule has 1 aliphatic carbocycles. The Hall–Kier alpha value is -3.08. The number of hydrogen-bond donors (Lipinski definition) is 2. The van der Waals surface area contributed by atoms with Crippen molar-refractivity contribution in [2.24, 2.45) is 5.92 Å². The van der Waals surface area contributed by atoms with Crippen molar-refractivity contribution in [2.75, 3.05) is 5.32 Å². The highest BCUT2D eigenvalue weighted by molar-refractivity contribution is 7.16. The summed E-state index contributed by atoms with van der Waals surface area (Å²) in [5.74, 6) is 1.37. The predicted octanol–water partition coefficient (Wildman–Crippen LogP) is 4.38. The molecule has 0 unspecified atom stereocenters. The summed E-state index contributed by atoms with van der Waals surface area (Å²) >= 11 is 14.3. The van der Waals surface area contributed by atoms with Gasteiger partial charge in [0.15, 0.2) is 5.82 Å². The van der Waals surface area contributed by atoms with E-state index in [0.29, 0.717) is 38.4 Å². The molecule has 160 valence electrons. The second kappa shape index (κ2) is 7.51. The van der Waals surface area contributed by atoms with E-state index in [1.165, 1.54) is 22.2 Å². The van der Waals surface area contributed by atoms with E-state index in [1.807, 2.05) is 0 Å². The number of nitrogens with one attached hydrogen (secondary N) is 2. The minimum absolute atomic E-state index is 0.263. The Balaban J connectivity index is 1.61. The highest BCUT2D eigenvalue weighted by Crippen LogP contribution is 2.43. The largest absolute Gasteiger partial charge is 0.358 e. The summed E-state index contributed by atoms with van der Waals surface area (Å²) in [6.07, 6.45) is 6.70. The molecule has 1 fully saturated rings. The van der Waals surface area contributed by atoms with Crippen LogP contribution in [0.5, 0.6) is 0 Å². The molecule has 9 nitrogen and oxygen atoms in total. The lowest BCUT2D eigenvalue weighted by Gasteiger charge is -2.22.